The van der Waals surface area contributed by atoms with Crippen molar-refractivity contribution in [1.29, 1.82) is 0 Å². The number of hydrogen-bond donors (Lipinski definition) is 1. The van der Waals surface area contributed by atoms with E-state index < -0.39 is 0 Å². The van der Waals surface area contributed by atoms with Crippen molar-refractivity contribution in [2.75, 3.05) is 18.5 Å². The number of rotatable bonds is 2. The highest BCUT2D eigenvalue weighted by molar-refractivity contribution is 5.75. The van der Waals surface area contributed by atoms with Crippen LogP contribution < -0.4 is 5.32 Å². The molecule has 1 aliphatic rings. The molecule has 0 fully saturated rings. The highest BCUT2D eigenvalue weighted by Gasteiger charge is 2.26. The minimum atomic E-state index is -0.264. The summed E-state index contributed by atoms with van der Waals surface area (Å²) in [6.07, 6.45) is 0.541. The number of para-hydroxylation sites is 1. The summed E-state index contributed by atoms with van der Waals surface area (Å²) in [5.74, 6) is -0.695. The van der Waals surface area contributed by atoms with Crippen LogP contribution in [0.25, 0.3) is 0 Å². The lowest BCUT2D eigenvalue weighted by Crippen LogP contribution is -2.31. The highest BCUT2D eigenvalue weighted by Crippen LogP contribution is 2.27. The summed E-state index contributed by atoms with van der Waals surface area (Å²) in [4.78, 5) is 11.5. The molecule has 0 amide bonds. The average molecular weight is 223 g/mol. The Morgan fingerprint density at radius 3 is 3.19 bits per heavy atom. The van der Waals surface area contributed by atoms with Crippen molar-refractivity contribution in [2.24, 2.45) is 5.92 Å². The second kappa shape index (κ2) is 4.51. The van der Waals surface area contributed by atoms with E-state index in [1.807, 2.05) is 6.07 Å². The molecule has 1 N–H and O–H groups in total. The smallest absolute Gasteiger partial charge is 0.311 e. The van der Waals surface area contributed by atoms with E-state index in [1.165, 1.54) is 6.07 Å². The van der Waals surface area contributed by atoms with E-state index in [1.54, 1.807) is 13.0 Å². The highest BCUT2D eigenvalue weighted by atomic mass is 19.1. The van der Waals surface area contributed by atoms with Gasteiger partial charge in [-0.1, -0.05) is 12.1 Å². The van der Waals surface area contributed by atoms with Crippen LogP contribution in [0.4, 0.5) is 10.1 Å². The predicted molar refractivity (Wildman–Crippen MR) is 58.7 cm³/mol. The Morgan fingerprint density at radius 1 is 1.62 bits per heavy atom. The fourth-order valence-electron chi connectivity index (χ4n) is 1.93. The molecule has 0 aliphatic carbocycles. The number of hydrogen-bond acceptors (Lipinski definition) is 3. The maximum Gasteiger partial charge on any atom is 0.311 e. The third-order valence-corrected chi connectivity index (χ3v) is 2.71. The molecule has 0 saturated carbocycles. The van der Waals surface area contributed by atoms with Crippen molar-refractivity contribution in [3.8, 4) is 0 Å². The number of fused-ring (bicyclic) bond motifs is 1. The van der Waals surface area contributed by atoms with Crippen LogP contribution in [0.3, 0.4) is 0 Å². The molecule has 86 valence electrons. The quantitative estimate of drug-likeness (QED) is 0.779. The van der Waals surface area contributed by atoms with Crippen LogP contribution in [-0.4, -0.2) is 19.1 Å². The topological polar surface area (TPSA) is 38.3 Å². The number of anilines is 1. The molecule has 0 radical (unpaired) electrons. The molecule has 1 heterocycles. The molecule has 1 atom stereocenters. The predicted octanol–water partition coefficient (Wildman–Crippen LogP) is 1.97. The third-order valence-electron chi connectivity index (χ3n) is 2.71. The monoisotopic (exact) mass is 223 g/mol. The van der Waals surface area contributed by atoms with Crippen LogP contribution in [0.15, 0.2) is 18.2 Å². The zero-order chi connectivity index (χ0) is 11.5. The normalized spacial score (nSPS) is 18.5. The largest absolute Gasteiger partial charge is 0.466 e. The lowest BCUT2D eigenvalue weighted by atomic mass is 9.94. The third kappa shape index (κ3) is 2.01. The molecule has 0 aromatic heterocycles. The van der Waals surface area contributed by atoms with Gasteiger partial charge in [0.1, 0.15) is 5.82 Å². The van der Waals surface area contributed by atoms with Crippen molar-refractivity contribution in [2.45, 2.75) is 13.3 Å². The second-order valence-electron chi connectivity index (χ2n) is 3.81. The molecule has 16 heavy (non-hydrogen) atoms. The number of ether oxygens (including phenoxy) is 1. The van der Waals surface area contributed by atoms with E-state index in [4.69, 9.17) is 4.74 Å². The lowest BCUT2D eigenvalue weighted by molar-refractivity contribution is -0.147. The Bertz CT molecular complexity index is 406. The maximum atomic E-state index is 13.4. The number of esters is 1. The minimum Gasteiger partial charge on any atom is -0.466 e. The summed E-state index contributed by atoms with van der Waals surface area (Å²) in [6, 6.07) is 4.90. The van der Waals surface area contributed by atoms with Crippen LogP contribution in [0, 0.1) is 11.7 Å². The van der Waals surface area contributed by atoms with Crippen LogP contribution in [0.5, 0.6) is 0 Å². The summed E-state index contributed by atoms with van der Waals surface area (Å²) in [7, 11) is 0. The first-order valence-corrected chi connectivity index (χ1v) is 5.40. The van der Waals surface area contributed by atoms with Crippen LogP contribution in [0.2, 0.25) is 0 Å². The number of nitrogens with one attached hydrogen (secondary N) is 1. The van der Waals surface area contributed by atoms with Crippen LogP contribution in [-0.2, 0) is 16.0 Å². The van der Waals surface area contributed by atoms with Gasteiger partial charge in [0.2, 0.25) is 0 Å². The van der Waals surface area contributed by atoms with Gasteiger partial charge in [0.05, 0.1) is 18.2 Å². The van der Waals surface area contributed by atoms with E-state index in [0.717, 1.165) is 5.56 Å². The second-order valence-corrected chi connectivity index (χ2v) is 3.81. The molecule has 1 aliphatic heterocycles. The first-order valence-electron chi connectivity index (χ1n) is 5.40. The summed E-state index contributed by atoms with van der Waals surface area (Å²) in [5.41, 5.74) is 1.35. The number of benzene rings is 1. The van der Waals surface area contributed by atoms with Crippen LogP contribution >= 0.6 is 0 Å². The summed E-state index contributed by atoms with van der Waals surface area (Å²) in [6.45, 7) is 2.60. The summed E-state index contributed by atoms with van der Waals surface area (Å²) >= 11 is 0. The van der Waals surface area contributed by atoms with Gasteiger partial charge in [-0.05, 0) is 25.0 Å². The molecule has 0 saturated heterocycles. The maximum absolute atomic E-state index is 13.4. The zero-order valence-corrected chi connectivity index (χ0v) is 9.13. The van der Waals surface area contributed by atoms with Crippen LogP contribution in [0.1, 0.15) is 12.5 Å². The number of halogens is 1. The van der Waals surface area contributed by atoms with Gasteiger partial charge >= 0.3 is 5.97 Å². The molecule has 0 bridgehead atoms. The van der Waals surface area contributed by atoms with Crippen molar-refractivity contribution < 1.29 is 13.9 Å². The standard InChI is InChI=1S/C12H14FNO2/c1-2-16-12(15)9-6-8-4-3-5-10(13)11(8)14-7-9/h3-5,9,14H,2,6-7H2,1H3/t9-/m1/s1. The van der Waals surface area contributed by atoms with Crippen molar-refractivity contribution in [3.63, 3.8) is 0 Å². The Labute approximate surface area is 93.6 Å². The van der Waals surface area contributed by atoms with Gasteiger partial charge in [-0.15, -0.1) is 0 Å². The van der Waals surface area contributed by atoms with E-state index >= 15 is 0 Å². The van der Waals surface area contributed by atoms with Gasteiger partial charge in [0, 0.05) is 6.54 Å². The van der Waals surface area contributed by atoms with Gasteiger partial charge in [-0.25, -0.2) is 4.39 Å². The van der Waals surface area contributed by atoms with Gasteiger partial charge in [-0.2, -0.15) is 0 Å². The van der Waals surface area contributed by atoms with E-state index in [2.05, 4.69) is 5.32 Å². The molecule has 3 nitrogen and oxygen atoms in total. The summed E-state index contributed by atoms with van der Waals surface area (Å²) < 4.78 is 18.3. The van der Waals surface area contributed by atoms with Gasteiger partial charge in [0.15, 0.2) is 0 Å². The Morgan fingerprint density at radius 2 is 2.44 bits per heavy atom. The molecule has 0 unspecified atom stereocenters. The average Bonchev–Trinajstić information content (AvgIpc) is 2.29. The Hall–Kier alpha value is -1.58. The molecule has 4 heteroatoms. The Kier molecular flexibility index (Phi) is 3.08. The van der Waals surface area contributed by atoms with E-state index in [-0.39, 0.29) is 17.7 Å². The lowest BCUT2D eigenvalue weighted by Gasteiger charge is -2.24. The summed E-state index contributed by atoms with van der Waals surface area (Å²) in [5, 5.41) is 2.94. The molecule has 1 aromatic carbocycles. The number of carbonyl (C=O) groups excluding carboxylic acids is 1. The van der Waals surface area contributed by atoms with Crippen molar-refractivity contribution in [3.05, 3.63) is 29.6 Å². The van der Waals surface area contributed by atoms with Crippen molar-refractivity contribution >= 4 is 11.7 Å². The molecule has 2 rings (SSSR count). The molecule has 1 aromatic rings. The van der Waals surface area contributed by atoms with E-state index in [9.17, 15) is 9.18 Å². The van der Waals surface area contributed by atoms with E-state index in [0.29, 0.717) is 25.3 Å². The fraction of sp³-hybridized carbons (Fsp3) is 0.417. The van der Waals surface area contributed by atoms with Crippen molar-refractivity contribution in [1.82, 2.24) is 0 Å². The van der Waals surface area contributed by atoms with Gasteiger partial charge in [-0.3, -0.25) is 4.79 Å². The first-order chi connectivity index (χ1) is 7.72. The molecular formula is C12H14FNO2. The zero-order valence-electron chi connectivity index (χ0n) is 9.13. The van der Waals surface area contributed by atoms with Gasteiger partial charge < -0.3 is 10.1 Å². The molecular weight excluding hydrogens is 209 g/mol. The first kappa shape index (κ1) is 10.9. The Balaban J connectivity index is 2.15. The number of carbonyl (C=O) groups is 1. The molecule has 0 spiro atoms. The SMILES string of the molecule is CCOC(=O)[C@H]1CNc2c(F)cccc2C1. The minimum absolute atomic E-state index is 0.214. The fourth-order valence-corrected chi connectivity index (χ4v) is 1.93. The van der Waals surface area contributed by atoms with Gasteiger partial charge in [0.25, 0.3) is 0 Å².